The zero-order chi connectivity index (χ0) is 15.5. The number of rotatable bonds is 4. The minimum absolute atomic E-state index is 0.508. The summed E-state index contributed by atoms with van der Waals surface area (Å²) in [5, 5.41) is 0. The molecular weight excluding hydrogens is 278 g/mol. The minimum Gasteiger partial charge on any atom is -0.493 e. The van der Waals surface area contributed by atoms with Crippen molar-refractivity contribution in [3.63, 3.8) is 0 Å². The summed E-state index contributed by atoms with van der Waals surface area (Å²) in [7, 11) is 3.21. The van der Waals surface area contributed by atoms with Crippen molar-refractivity contribution in [1.82, 2.24) is 4.98 Å². The molecule has 22 heavy (non-hydrogen) atoms. The zero-order valence-corrected chi connectivity index (χ0v) is 12.8. The van der Waals surface area contributed by atoms with Gasteiger partial charge in [-0.25, -0.2) is 4.98 Å². The summed E-state index contributed by atoms with van der Waals surface area (Å²) < 4.78 is 16.7. The Hall–Kier alpha value is -2.75. The van der Waals surface area contributed by atoms with Gasteiger partial charge in [0.15, 0.2) is 17.3 Å². The summed E-state index contributed by atoms with van der Waals surface area (Å²) in [6.45, 7) is 2.05. The number of benzene rings is 2. The molecule has 1 heterocycles. The average molecular weight is 295 g/mol. The lowest BCUT2D eigenvalue weighted by Gasteiger charge is -2.10. The molecule has 112 valence electrons. The molecule has 4 nitrogen and oxygen atoms in total. The smallest absolute Gasteiger partial charge is 0.230 e. The topological polar surface area (TPSA) is 44.5 Å². The van der Waals surface area contributed by atoms with Gasteiger partial charge in [-0.2, -0.15) is 0 Å². The second-order valence-electron chi connectivity index (χ2n) is 4.89. The predicted octanol–water partition coefficient (Wildman–Crippen LogP) is 4.33. The Morgan fingerprint density at radius 2 is 1.68 bits per heavy atom. The SMILES string of the molecule is COc1cccc(-c2ncc(-c3ccccc3C)o2)c1OC. The Balaban J connectivity index is 2.07. The van der Waals surface area contributed by atoms with Crippen LogP contribution in [0, 0.1) is 6.92 Å². The maximum absolute atomic E-state index is 5.93. The van der Waals surface area contributed by atoms with E-state index in [1.165, 1.54) is 0 Å². The summed E-state index contributed by atoms with van der Waals surface area (Å²) >= 11 is 0. The van der Waals surface area contributed by atoms with E-state index in [9.17, 15) is 0 Å². The van der Waals surface area contributed by atoms with E-state index in [1.807, 2.05) is 49.4 Å². The lowest BCUT2D eigenvalue weighted by molar-refractivity contribution is 0.355. The van der Waals surface area contributed by atoms with Crippen molar-refractivity contribution in [1.29, 1.82) is 0 Å². The monoisotopic (exact) mass is 295 g/mol. The first-order valence-electron chi connectivity index (χ1n) is 6.97. The van der Waals surface area contributed by atoms with Crippen LogP contribution in [0.1, 0.15) is 5.56 Å². The third kappa shape index (κ3) is 2.44. The van der Waals surface area contributed by atoms with Gasteiger partial charge in [-0.15, -0.1) is 0 Å². The molecule has 0 bridgehead atoms. The van der Waals surface area contributed by atoms with E-state index >= 15 is 0 Å². The van der Waals surface area contributed by atoms with Crippen LogP contribution in [0.4, 0.5) is 0 Å². The van der Waals surface area contributed by atoms with Crippen molar-refractivity contribution in [2.24, 2.45) is 0 Å². The van der Waals surface area contributed by atoms with Gasteiger partial charge in [0.2, 0.25) is 5.89 Å². The number of para-hydroxylation sites is 1. The van der Waals surface area contributed by atoms with E-state index in [-0.39, 0.29) is 0 Å². The summed E-state index contributed by atoms with van der Waals surface area (Å²) in [5.41, 5.74) is 2.94. The Labute approximate surface area is 129 Å². The van der Waals surface area contributed by atoms with Gasteiger partial charge < -0.3 is 13.9 Å². The van der Waals surface area contributed by atoms with E-state index in [4.69, 9.17) is 13.9 Å². The van der Waals surface area contributed by atoms with E-state index in [2.05, 4.69) is 4.98 Å². The number of methoxy groups -OCH3 is 2. The van der Waals surface area contributed by atoms with Crippen molar-refractivity contribution >= 4 is 0 Å². The lowest BCUT2D eigenvalue weighted by Crippen LogP contribution is -1.93. The van der Waals surface area contributed by atoms with Crippen molar-refractivity contribution in [2.75, 3.05) is 14.2 Å². The molecule has 0 radical (unpaired) electrons. The number of nitrogens with zero attached hydrogens (tertiary/aromatic N) is 1. The van der Waals surface area contributed by atoms with E-state index in [0.29, 0.717) is 17.4 Å². The van der Waals surface area contributed by atoms with E-state index in [1.54, 1.807) is 20.4 Å². The largest absolute Gasteiger partial charge is 0.493 e. The molecule has 0 aliphatic heterocycles. The van der Waals surface area contributed by atoms with E-state index < -0.39 is 0 Å². The van der Waals surface area contributed by atoms with Crippen molar-refractivity contribution < 1.29 is 13.9 Å². The molecule has 0 spiro atoms. The number of aromatic nitrogens is 1. The van der Waals surface area contributed by atoms with Gasteiger partial charge in [0.25, 0.3) is 0 Å². The standard InChI is InChI=1S/C18H17NO3/c1-12-7-4-5-8-13(12)16-11-19-18(22-16)14-9-6-10-15(20-2)17(14)21-3/h4-11H,1-3H3. The highest BCUT2D eigenvalue weighted by Crippen LogP contribution is 2.38. The molecule has 0 amide bonds. The molecule has 4 heteroatoms. The Kier molecular flexibility index (Phi) is 3.83. The van der Waals surface area contributed by atoms with Crippen LogP contribution in [0.25, 0.3) is 22.8 Å². The fourth-order valence-corrected chi connectivity index (χ4v) is 2.43. The van der Waals surface area contributed by atoms with E-state index in [0.717, 1.165) is 22.5 Å². The molecule has 0 aliphatic rings. The summed E-state index contributed by atoms with van der Waals surface area (Å²) in [6, 6.07) is 13.7. The molecule has 0 atom stereocenters. The first-order chi connectivity index (χ1) is 10.7. The average Bonchev–Trinajstić information content (AvgIpc) is 3.04. The molecule has 3 rings (SSSR count). The first-order valence-corrected chi connectivity index (χ1v) is 6.97. The first kappa shape index (κ1) is 14.2. The molecule has 0 aliphatic carbocycles. The van der Waals surface area contributed by atoms with Gasteiger partial charge in [0.1, 0.15) is 0 Å². The van der Waals surface area contributed by atoms with Crippen LogP contribution < -0.4 is 9.47 Å². The van der Waals surface area contributed by atoms with Gasteiger partial charge in [0.05, 0.1) is 26.0 Å². The Morgan fingerprint density at radius 1 is 0.909 bits per heavy atom. The lowest BCUT2D eigenvalue weighted by atomic mass is 10.1. The number of oxazole rings is 1. The molecule has 2 aromatic carbocycles. The van der Waals surface area contributed by atoms with Crippen LogP contribution in [0.3, 0.4) is 0 Å². The second-order valence-corrected chi connectivity index (χ2v) is 4.89. The number of aryl methyl sites for hydroxylation is 1. The molecule has 0 N–H and O–H groups in total. The zero-order valence-electron chi connectivity index (χ0n) is 12.8. The molecule has 0 saturated heterocycles. The Morgan fingerprint density at radius 3 is 2.41 bits per heavy atom. The summed E-state index contributed by atoms with van der Waals surface area (Å²) in [5.74, 6) is 2.51. The summed E-state index contributed by atoms with van der Waals surface area (Å²) in [4.78, 5) is 4.39. The maximum Gasteiger partial charge on any atom is 0.230 e. The van der Waals surface area contributed by atoms with Crippen LogP contribution in [0.2, 0.25) is 0 Å². The van der Waals surface area contributed by atoms with Crippen molar-refractivity contribution in [3.8, 4) is 34.3 Å². The van der Waals surface area contributed by atoms with Gasteiger partial charge in [0, 0.05) is 5.56 Å². The van der Waals surface area contributed by atoms with Gasteiger partial charge in [-0.1, -0.05) is 30.3 Å². The highest BCUT2D eigenvalue weighted by molar-refractivity contribution is 5.70. The third-order valence-electron chi connectivity index (χ3n) is 3.55. The number of hydrogen-bond acceptors (Lipinski definition) is 4. The molecular formula is C18H17NO3. The van der Waals surface area contributed by atoms with Crippen molar-refractivity contribution in [3.05, 3.63) is 54.2 Å². The molecule has 0 saturated carbocycles. The number of hydrogen-bond donors (Lipinski definition) is 0. The van der Waals surface area contributed by atoms with Crippen LogP contribution in [0.5, 0.6) is 11.5 Å². The Bertz CT molecular complexity index is 793. The van der Waals surface area contributed by atoms with Gasteiger partial charge >= 0.3 is 0 Å². The minimum atomic E-state index is 0.508. The quantitative estimate of drug-likeness (QED) is 0.718. The third-order valence-corrected chi connectivity index (χ3v) is 3.55. The van der Waals surface area contributed by atoms with Crippen LogP contribution >= 0.6 is 0 Å². The maximum atomic E-state index is 5.93. The molecule has 0 fully saturated rings. The summed E-state index contributed by atoms with van der Waals surface area (Å²) in [6.07, 6.45) is 1.73. The van der Waals surface area contributed by atoms with Crippen LogP contribution in [-0.2, 0) is 0 Å². The predicted molar refractivity (Wildman–Crippen MR) is 85.2 cm³/mol. The normalized spacial score (nSPS) is 10.5. The molecule has 3 aromatic rings. The highest BCUT2D eigenvalue weighted by Gasteiger charge is 2.17. The van der Waals surface area contributed by atoms with Crippen LogP contribution in [-0.4, -0.2) is 19.2 Å². The van der Waals surface area contributed by atoms with Crippen molar-refractivity contribution in [2.45, 2.75) is 6.92 Å². The second kappa shape index (κ2) is 5.93. The molecule has 0 unspecified atom stereocenters. The van der Waals surface area contributed by atoms with Gasteiger partial charge in [-0.05, 0) is 24.6 Å². The van der Waals surface area contributed by atoms with Gasteiger partial charge in [-0.3, -0.25) is 0 Å². The van der Waals surface area contributed by atoms with Crippen LogP contribution in [0.15, 0.2) is 53.1 Å². The highest BCUT2D eigenvalue weighted by atomic mass is 16.5. The fraction of sp³-hybridized carbons (Fsp3) is 0.167. The number of ether oxygens (including phenoxy) is 2. The fourth-order valence-electron chi connectivity index (χ4n) is 2.43. The molecule has 1 aromatic heterocycles.